The van der Waals surface area contributed by atoms with Crippen LogP contribution in [0.15, 0.2) is 103 Å². The number of para-hydroxylation sites is 1. The fourth-order valence-electron chi connectivity index (χ4n) is 3.65. The number of benzene rings is 3. The zero-order valence-electron chi connectivity index (χ0n) is 18.8. The van der Waals surface area contributed by atoms with Gasteiger partial charge in [-0.25, -0.2) is 8.42 Å². The van der Waals surface area contributed by atoms with Gasteiger partial charge >= 0.3 is 0 Å². The minimum Gasteiger partial charge on any atom is -0.322 e. The molecule has 0 atom stereocenters. The van der Waals surface area contributed by atoms with Crippen molar-refractivity contribution in [2.45, 2.75) is 13.0 Å². The van der Waals surface area contributed by atoms with Crippen LogP contribution in [0.5, 0.6) is 0 Å². The third-order valence-electron chi connectivity index (χ3n) is 5.36. The number of pyridine rings is 1. The summed E-state index contributed by atoms with van der Waals surface area (Å²) in [6.45, 7) is 0.133. The Morgan fingerprint density at radius 3 is 2.09 bits per heavy atom. The highest BCUT2D eigenvalue weighted by molar-refractivity contribution is 7.92. The van der Waals surface area contributed by atoms with Crippen LogP contribution in [0.25, 0.3) is 0 Å². The first-order chi connectivity index (χ1) is 16.4. The summed E-state index contributed by atoms with van der Waals surface area (Å²) < 4.78 is 26.6. The Balaban J connectivity index is 1.55. The van der Waals surface area contributed by atoms with Gasteiger partial charge in [-0.05, 0) is 59.5 Å². The second kappa shape index (κ2) is 10.3. The maximum atomic E-state index is 13.2. The molecule has 0 fully saturated rings. The van der Waals surface area contributed by atoms with Crippen molar-refractivity contribution >= 4 is 27.3 Å². The molecule has 3 aromatic carbocycles. The van der Waals surface area contributed by atoms with E-state index in [0.717, 1.165) is 29.4 Å². The first-order valence-corrected chi connectivity index (χ1v) is 12.6. The number of hydrogen-bond acceptors (Lipinski definition) is 4. The second-order valence-electron chi connectivity index (χ2n) is 7.96. The molecule has 0 aliphatic carbocycles. The molecule has 6 nitrogen and oxygen atoms in total. The van der Waals surface area contributed by atoms with Gasteiger partial charge in [0.2, 0.25) is 10.0 Å². The Kier molecular flexibility index (Phi) is 7.04. The van der Waals surface area contributed by atoms with Gasteiger partial charge in [0.25, 0.3) is 5.91 Å². The lowest BCUT2D eigenvalue weighted by molar-refractivity contribution is 0.102. The Bertz CT molecular complexity index is 1360. The highest BCUT2D eigenvalue weighted by Crippen LogP contribution is 2.26. The topological polar surface area (TPSA) is 79.4 Å². The number of hydrogen-bond donors (Lipinski definition) is 1. The SMILES string of the molecule is CS(=O)(=O)N(Cc1ccccc1)c1ccccc1C(=O)Nc1ccc(Cc2ccncc2)cc1. The third kappa shape index (κ3) is 5.88. The van der Waals surface area contributed by atoms with E-state index in [0.29, 0.717) is 11.4 Å². The van der Waals surface area contributed by atoms with E-state index in [-0.39, 0.29) is 18.0 Å². The Labute approximate surface area is 200 Å². The molecular formula is C27H25N3O3S. The molecule has 0 radical (unpaired) electrons. The number of amides is 1. The van der Waals surface area contributed by atoms with E-state index in [9.17, 15) is 13.2 Å². The van der Waals surface area contributed by atoms with E-state index < -0.39 is 10.0 Å². The van der Waals surface area contributed by atoms with Gasteiger partial charge in [0.15, 0.2) is 0 Å². The molecule has 0 spiro atoms. The average molecular weight is 472 g/mol. The zero-order chi connectivity index (χ0) is 24.0. The molecule has 0 saturated carbocycles. The smallest absolute Gasteiger partial charge is 0.257 e. The molecule has 34 heavy (non-hydrogen) atoms. The van der Waals surface area contributed by atoms with Crippen LogP contribution in [0.2, 0.25) is 0 Å². The fraction of sp³-hybridized carbons (Fsp3) is 0.111. The molecule has 1 N–H and O–H groups in total. The van der Waals surface area contributed by atoms with E-state index in [1.807, 2.05) is 66.7 Å². The Hall–Kier alpha value is -3.97. The lowest BCUT2D eigenvalue weighted by Gasteiger charge is -2.24. The van der Waals surface area contributed by atoms with Crippen LogP contribution in [0.3, 0.4) is 0 Å². The molecule has 1 heterocycles. The van der Waals surface area contributed by atoms with Crippen molar-refractivity contribution in [3.05, 3.63) is 126 Å². The van der Waals surface area contributed by atoms with Crippen molar-refractivity contribution in [3.63, 3.8) is 0 Å². The molecule has 0 bridgehead atoms. The molecule has 172 valence electrons. The lowest BCUT2D eigenvalue weighted by atomic mass is 10.1. The number of anilines is 2. The quantitative estimate of drug-likeness (QED) is 0.397. The molecule has 0 saturated heterocycles. The number of nitrogens with zero attached hydrogens (tertiary/aromatic N) is 2. The highest BCUT2D eigenvalue weighted by Gasteiger charge is 2.23. The van der Waals surface area contributed by atoms with Crippen LogP contribution in [0.1, 0.15) is 27.0 Å². The summed E-state index contributed by atoms with van der Waals surface area (Å²) in [7, 11) is -3.63. The summed E-state index contributed by atoms with van der Waals surface area (Å²) in [5.41, 5.74) is 4.33. The van der Waals surface area contributed by atoms with Crippen molar-refractivity contribution in [1.82, 2.24) is 4.98 Å². The number of rotatable bonds is 8. The van der Waals surface area contributed by atoms with Gasteiger partial charge in [0, 0.05) is 18.1 Å². The molecule has 4 rings (SSSR count). The van der Waals surface area contributed by atoms with Crippen LogP contribution < -0.4 is 9.62 Å². The predicted octanol–water partition coefficient (Wildman–Crippen LogP) is 4.89. The fourth-order valence-corrected chi connectivity index (χ4v) is 4.55. The monoisotopic (exact) mass is 471 g/mol. The number of sulfonamides is 1. The van der Waals surface area contributed by atoms with Gasteiger partial charge in [-0.3, -0.25) is 14.1 Å². The van der Waals surface area contributed by atoms with Crippen molar-refractivity contribution < 1.29 is 13.2 Å². The maximum absolute atomic E-state index is 13.2. The standard InChI is InChI=1S/C27H25N3O3S/c1-34(32,33)30(20-23-7-3-2-4-8-23)26-10-6-5-9-25(26)27(31)29-24-13-11-21(12-14-24)19-22-15-17-28-18-16-22/h2-18H,19-20H2,1H3,(H,29,31). The van der Waals surface area contributed by atoms with E-state index in [2.05, 4.69) is 10.3 Å². The van der Waals surface area contributed by atoms with Gasteiger partial charge < -0.3 is 5.32 Å². The van der Waals surface area contributed by atoms with Crippen molar-refractivity contribution in [3.8, 4) is 0 Å². The molecule has 7 heteroatoms. The van der Waals surface area contributed by atoms with E-state index in [4.69, 9.17) is 0 Å². The van der Waals surface area contributed by atoms with Crippen molar-refractivity contribution in [2.75, 3.05) is 15.9 Å². The molecule has 0 aliphatic heterocycles. The van der Waals surface area contributed by atoms with Gasteiger partial charge in [0.05, 0.1) is 24.1 Å². The molecule has 0 aliphatic rings. The summed E-state index contributed by atoms with van der Waals surface area (Å²) >= 11 is 0. The zero-order valence-corrected chi connectivity index (χ0v) is 19.6. The molecule has 4 aromatic rings. The number of carbonyl (C=O) groups excluding carboxylic acids is 1. The van der Waals surface area contributed by atoms with E-state index in [1.165, 1.54) is 4.31 Å². The summed E-state index contributed by atoms with van der Waals surface area (Å²) in [6.07, 6.45) is 5.44. The average Bonchev–Trinajstić information content (AvgIpc) is 2.84. The first kappa shape index (κ1) is 23.2. The largest absolute Gasteiger partial charge is 0.322 e. The van der Waals surface area contributed by atoms with Crippen molar-refractivity contribution in [1.29, 1.82) is 0 Å². The summed E-state index contributed by atoms with van der Waals surface area (Å²) in [5.74, 6) is -0.376. The van der Waals surface area contributed by atoms with Crippen LogP contribution >= 0.6 is 0 Å². The van der Waals surface area contributed by atoms with Gasteiger partial charge in [0.1, 0.15) is 0 Å². The normalized spacial score (nSPS) is 11.1. The first-order valence-electron chi connectivity index (χ1n) is 10.8. The van der Waals surface area contributed by atoms with Gasteiger partial charge in [-0.2, -0.15) is 0 Å². The molecular weight excluding hydrogens is 446 g/mol. The highest BCUT2D eigenvalue weighted by atomic mass is 32.2. The minimum atomic E-state index is -3.63. The summed E-state index contributed by atoms with van der Waals surface area (Å²) in [4.78, 5) is 17.2. The van der Waals surface area contributed by atoms with E-state index >= 15 is 0 Å². The van der Waals surface area contributed by atoms with E-state index in [1.54, 1.807) is 36.7 Å². The predicted molar refractivity (Wildman–Crippen MR) is 135 cm³/mol. The maximum Gasteiger partial charge on any atom is 0.257 e. The van der Waals surface area contributed by atoms with Gasteiger partial charge in [-0.1, -0.05) is 54.6 Å². The van der Waals surface area contributed by atoms with Crippen LogP contribution in [-0.2, 0) is 23.0 Å². The van der Waals surface area contributed by atoms with Crippen LogP contribution in [0.4, 0.5) is 11.4 Å². The Morgan fingerprint density at radius 1 is 0.794 bits per heavy atom. The Morgan fingerprint density at radius 2 is 1.41 bits per heavy atom. The van der Waals surface area contributed by atoms with Crippen LogP contribution in [-0.4, -0.2) is 25.6 Å². The lowest BCUT2D eigenvalue weighted by Crippen LogP contribution is -2.31. The number of nitrogens with one attached hydrogen (secondary N) is 1. The number of carbonyl (C=O) groups is 1. The van der Waals surface area contributed by atoms with Crippen LogP contribution in [0, 0.1) is 0 Å². The molecule has 1 aromatic heterocycles. The van der Waals surface area contributed by atoms with Gasteiger partial charge in [-0.15, -0.1) is 0 Å². The third-order valence-corrected chi connectivity index (χ3v) is 6.48. The summed E-state index contributed by atoms with van der Waals surface area (Å²) in [5, 5.41) is 2.89. The summed E-state index contributed by atoms with van der Waals surface area (Å²) in [6, 6.07) is 27.6. The minimum absolute atomic E-state index is 0.133. The molecule has 1 amide bonds. The second-order valence-corrected chi connectivity index (χ2v) is 9.86. The van der Waals surface area contributed by atoms with Crippen molar-refractivity contribution in [2.24, 2.45) is 0 Å². The number of aromatic nitrogens is 1. The molecule has 0 unspecified atom stereocenters.